The quantitative estimate of drug-likeness (QED) is 0.474. The van der Waals surface area contributed by atoms with Gasteiger partial charge >= 0.3 is 0 Å². The lowest BCUT2D eigenvalue weighted by atomic mass is 10.1. The maximum atomic E-state index is 12.6. The zero-order valence-corrected chi connectivity index (χ0v) is 16.5. The number of hydrogen-bond donors (Lipinski definition) is 0. The highest BCUT2D eigenvalue weighted by Gasteiger charge is 2.18. The first-order valence-electron chi connectivity index (χ1n) is 9.63. The van der Waals surface area contributed by atoms with Gasteiger partial charge in [-0.25, -0.2) is 0 Å². The third-order valence-corrected chi connectivity index (χ3v) is 4.84. The van der Waals surface area contributed by atoms with Gasteiger partial charge in [0.25, 0.3) is 0 Å². The number of carbonyl (C=O) groups is 1. The number of carbonyl (C=O) groups excluding carboxylic acids is 1. The van der Waals surface area contributed by atoms with Gasteiger partial charge in [0.05, 0.1) is 0 Å². The van der Waals surface area contributed by atoms with Gasteiger partial charge in [-0.1, -0.05) is 36.3 Å². The van der Waals surface area contributed by atoms with Crippen molar-refractivity contribution in [2.75, 3.05) is 7.05 Å². The molecule has 0 bridgehead atoms. The molecule has 0 unspecified atom stereocenters. The van der Waals surface area contributed by atoms with Crippen molar-refractivity contribution < 1.29 is 13.7 Å². The van der Waals surface area contributed by atoms with Crippen LogP contribution in [0.25, 0.3) is 22.5 Å². The Labute approximate surface area is 168 Å². The fourth-order valence-corrected chi connectivity index (χ4v) is 3.29. The predicted octanol–water partition coefficient (Wildman–Crippen LogP) is 4.03. The molecule has 1 aromatic carbocycles. The fraction of sp³-hybridized carbons (Fsp3) is 0.273. The van der Waals surface area contributed by atoms with Gasteiger partial charge in [0.1, 0.15) is 17.0 Å². The van der Waals surface area contributed by atoms with Crippen molar-refractivity contribution in [1.29, 1.82) is 0 Å². The lowest BCUT2D eigenvalue weighted by Gasteiger charge is -2.17. The molecule has 4 aromatic rings. The number of benzene rings is 1. The highest BCUT2D eigenvalue weighted by atomic mass is 16.5. The molecule has 0 N–H and O–H groups in total. The van der Waals surface area contributed by atoms with Crippen LogP contribution in [-0.4, -0.2) is 33.0 Å². The van der Waals surface area contributed by atoms with Gasteiger partial charge < -0.3 is 13.8 Å². The molecule has 3 heterocycles. The van der Waals surface area contributed by atoms with Crippen LogP contribution in [-0.2, 0) is 24.2 Å². The monoisotopic (exact) mass is 390 g/mol. The number of rotatable bonds is 7. The van der Waals surface area contributed by atoms with Crippen molar-refractivity contribution >= 4 is 16.9 Å². The maximum Gasteiger partial charge on any atom is 0.227 e. The minimum Gasteiger partial charge on any atom is -0.461 e. The average molecular weight is 390 g/mol. The molecule has 0 radical (unpaired) electrons. The van der Waals surface area contributed by atoms with E-state index in [0.717, 1.165) is 28.7 Å². The highest BCUT2D eigenvalue weighted by Crippen LogP contribution is 2.27. The van der Waals surface area contributed by atoms with Crippen LogP contribution in [0.15, 0.2) is 57.6 Å². The predicted molar refractivity (Wildman–Crippen MR) is 108 cm³/mol. The van der Waals surface area contributed by atoms with Crippen molar-refractivity contribution in [3.8, 4) is 11.5 Å². The molecule has 0 saturated heterocycles. The van der Waals surface area contributed by atoms with Crippen LogP contribution in [0.2, 0.25) is 0 Å². The smallest absolute Gasteiger partial charge is 0.227 e. The van der Waals surface area contributed by atoms with E-state index in [0.29, 0.717) is 30.4 Å². The molecule has 7 nitrogen and oxygen atoms in total. The topological polar surface area (TPSA) is 85.3 Å². The summed E-state index contributed by atoms with van der Waals surface area (Å²) in [6.07, 6.45) is 3.13. The van der Waals surface area contributed by atoms with Gasteiger partial charge in [-0.15, -0.1) is 0 Å². The van der Waals surface area contributed by atoms with E-state index in [1.54, 1.807) is 18.1 Å². The summed E-state index contributed by atoms with van der Waals surface area (Å²) in [7, 11) is 1.80. The normalized spacial score (nSPS) is 11.1. The lowest BCUT2D eigenvalue weighted by Crippen LogP contribution is -2.26. The van der Waals surface area contributed by atoms with Gasteiger partial charge in [0, 0.05) is 50.0 Å². The van der Waals surface area contributed by atoms with E-state index in [4.69, 9.17) is 8.94 Å². The Morgan fingerprint density at radius 2 is 1.97 bits per heavy atom. The van der Waals surface area contributed by atoms with Gasteiger partial charge in [0.2, 0.25) is 17.6 Å². The van der Waals surface area contributed by atoms with Gasteiger partial charge in [0.15, 0.2) is 0 Å². The van der Waals surface area contributed by atoms with Crippen LogP contribution < -0.4 is 0 Å². The Morgan fingerprint density at radius 3 is 2.76 bits per heavy atom. The Kier molecular flexibility index (Phi) is 5.37. The van der Waals surface area contributed by atoms with E-state index in [1.807, 2.05) is 42.5 Å². The summed E-state index contributed by atoms with van der Waals surface area (Å²) in [5, 5.41) is 5.00. The van der Waals surface area contributed by atoms with E-state index in [-0.39, 0.29) is 12.3 Å². The maximum absolute atomic E-state index is 12.6. The zero-order valence-electron chi connectivity index (χ0n) is 16.5. The molecule has 7 heteroatoms. The Balaban J connectivity index is 1.40. The molecule has 0 aliphatic heterocycles. The molecule has 0 atom stereocenters. The highest BCUT2D eigenvalue weighted by molar-refractivity contribution is 5.83. The molecule has 0 spiro atoms. The first-order valence-corrected chi connectivity index (χ1v) is 9.63. The number of nitrogens with zero attached hydrogens (tertiary/aromatic N) is 4. The number of fused-ring (bicyclic) bond motifs is 1. The summed E-state index contributed by atoms with van der Waals surface area (Å²) in [4.78, 5) is 22.9. The molecule has 29 heavy (non-hydrogen) atoms. The van der Waals surface area contributed by atoms with E-state index in [1.165, 1.54) is 0 Å². The Morgan fingerprint density at radius 1 is 1.14 bits per heavy atom. The second-order valence-electron chi connectivity index (χ2n) is 6.83. The van der Waals surface area contributed by atoms with Gasteiger partial charge in [-0.3, -0.25) is 9.78 Å². The minimum atomic E-state index is 0.00919. The van der Waals surface area contributed by atoms with Crippen LogP contribution in [0.4, 0.5) is 0 Å². The first-order chi connectivity index (χ1) is 14.2. The van der Waals surface area contributed by atoms with E-state index < -0.39 is 0 Å². The van der Waals surface area contributed by atoms with Crippen molar-refractivity contribution in [2.45, 2.75) is 32.7 Å². The molecule has 0 saturated carbocycles. The number of pyridine rings is 1. The minimum absolute atomic E-state index is 0.00919. The molecule has 3 aromatic heterocycles. The van der Waals surface area contributed by atoms with Crippen LogP contribution in [0.3, 0.4) is 0 Å². The van der Waals surface area contributed by atoms with Gasteiger partial charge in [-0.05, 0) is 18.2 Å². The molecular weight excluding hydrogens is 368 g/mol. The van der Waals surface area contributed by atoms with Crippen LogP contribution in [0.1, 0.15) is 30.6 Å². The Bertz CT molecular complexity index is 1120. The molecule has 1 amide bonds. The van der Waals surface area contributed by atoms with Crippen molar-refractivity contribution in [3.63, 3.8) is 0 Å². The SMILES string of the molecule is CCc1oc2ccccc2c1CN(C)C(=O)CCc1nc(-c2ccccn2)no1. The molecular formula is C22H22N4O3. The second-order valence-corrected chi connectivity index (χ2v) is 6.83. The molecule has 148 valence electrons. The molecule has 0 aliphatic rings. The van der Waals surface area contributed by atoms with E-state index >= 15 is 0 Å². The average Bonchev–Trinajstić information content (AvgIpc) is 3.37. The number of aryl methyl sites for hydroxylation is 2. The summed E-state index contributed by atoms with van der Waals surface area (Å²) in [6.45, 7) is 2.56. The van der Waals surface area contributed by atoms with Crippen LogP contribution >= 0.6 is 0 Å². The van der Waals surface area contributed by atoms with Crippen LogP contribution in [0.5, 0.6) is 0 Å². The zero-order chi connectivity index (χ0) is 20.2. The van der Waals surface area contributed by atoms with Crippen molar-refractivity contribution in [3.05, 3.63) is 65.9 Å². The standard InChI is InChI=1S/C22H22N4O3/c1-3-18-16(15-8-4-5-10-19(15)28-18)14-26(2)21(27)12-11-20-24-22(25-29-20)17-9-6-7-13-23-17/h4-10,13H,3,11-12,14H2,1-2H3. The van der Waals surface area contributed by atoms with E-state index in [9.17, 15) is 4.79 Å². The molecule has 4 rings (SSSR count). The number of amides is 1. The van der Waals surface area contributed by atoms with E-state index in [2.05, 4.69) is 22.0 Å². The third-order valence-electron chi connectivity index (χ3n) is 4.84. The van der Waals surface area contributed by atoms with Gasteiger partial charge in [-0.2, -0.15) is 4.98 Å². The number of hydrogen-bond acceptors (Lipinski definition) is 6. The summed E-state index contributed by atoms with van der Waals surface area (Å²) in [6, 6.07) is 13.4. The summed E-state index contributed by atoms with van der Waals surface area (Å²) in [5.74, 6) is 1.78. The number of para-hydroxylation sites is 1. The molecule has 0 fully saturated rings. The molecule has 0 aliphatic carbocycles. The van der Waals surface area contributed by atoms with Crippen LogP contribution in [0, 0.1) is 0 Å². The largest absolute Gasteiger partial charge is 0.461 e. The third kappa shape index (κ3) is 4.03. The Hall–Kier alpha value is -3.48. The lowest BCUT2D eigenvalue weighted by molar-refractivity contribution is -0.130. The van der Waals surface area contributed by atoms with Crippen molar-refractivity contribution in [2.24, 2.45) is 0 Å². The second kappa shape index (κ2) is 8.26. The summed E-state index contributed by atoms with van der Waals surface area (Å²) in [5.41, 5.74) is 2.56. The fourth-order valence-electron chi connectivity index (χ4n) is 3.29. The van der Waals surface area contributed by atoms with Crippen molar-refractivity contribution in [1.82, 2.24) is 20.0 Å². The summed E-state index contributed by atoms with van der Waals surface area (Å²) >= 11 is 0. The summed E-state index contributed by atoms with van der Waals surface area (Å²) < 4.78 is 11.2. The number of furan rings is 1. The number of aromatic nitrogens is 3. The first kappa shape index (κ1) is 18.9.